The zero-order valence-electron chi connectivity index (χ0n) is 11.0. The van der Waals surface area contributed by atoms with E-state index in [1.165, 1.54) is 7.11 Å². The zero-order chi connectivity index (χ0) is 14.7. The van der Waals surface area contributed by atoms with Crippen LogP contribution in [0.3, 0.4) is 0 Å². The number of nitrogens with zero attached hydrogens (tertiary/aromatic N) is 1. The summed E-state index contributed by atoms with van der Waals surface area (Å²) in [5.41, 5.74) is 7.09. The van der Waals surface area contributed by atoms with Gasteiger partial charge in [0.05, 0.1) is 29.1 Å². The highest BCUT2D eigenvalue weighted by atomic mass is 35.5. The van der Waals surface area contributed by atoms with Gasteiger partial charge in [-0.1, -0.05) is 17.7 Å². The maximum atomic E-state index is 11.5. The Bertz CT molecular complexity index is 639. The van der Waals surface area contributed by atoms with Gasteiger partial charge in [0, 0.05) is 6.07 Å². The molecule has 1 heterocycles. The molecule has 0 bridgehead atoms. The van der Waals surface area contributed by atoms with E-state index in [1.54, 1.807) is 37.3 Å². The molecule has 104 valence electrons. The third kappa shape index (κ3) is 2.83. The third-order valence-corrected chi connectivity index (χ3v) is 2.97. The highest BCUT2D eigenvalue weighted by Gasteiger charge is 2.13. The molecule has 5 nitrogen and oxygen atoms in total. The Morgan fingerprint density at radius 3 is 2.65 bits per heavy atom. The number of pyridine rings is 1. The number of nitrogen functional groups attached to an aromatic ring is 1. The minimum atomic E-state index is -0.446. The average Bonchev–Trinajstić information content (AvgIpc) is 2.42. The molecule has 0 atom stereocenters. The molecule has 2 N–H and O–H groups in total. The van der Waals surface area contributed by atoms with Gasteiger partial charge in [-0.3, -0.25) is 0 Å². The highest BCUT2D eigenvalue weighted by molar-refractivity contribution is 6.32. The lowest BCUT2D eigenvalue weighted by Gasteiger charge is -2.10. The molecular formula is C14H13ClN2O3. The van der Waals surface area contributed by atoms with E-state index < -0.39 is 5.97 Å². The van der Waals surface area contributed by atoms with Crippen LogP contribution in [0.25, 0.3) is 0 Å². The van der Waals surface area contributed by atoms with Crippen molar-refractivity contribution in [3.63, 3.8) is 0 Å². The third-order valence-electron chi connectivity index (χ3n) is 2.67. The van der Waals surface area contributed by atoms with E-state index >= 15 is 0 Å². The van der Waals surface area contributed by atoms with Crippen LogP contribution in [0.15, 0.2) is 30.3 Å². The van der Waals surface area contributed by atoms with Crippen molar-refractivity contribution >= 4 is 23.3 Å². The molecule has 2 aromatic rings. The van der Waals surface area contributed by atoms with Crippen LogP contribution < -0.4 is 10.5 Å². The highest BCUT2D eigenvalue weighted by Crippen LogP contribution is 2.34. The summed E-state index contributed by atoms with van der Waals surface area (Å²) in [6.45, 7) is 1.69. The van der Waals surface area contributed by atoms with E-state index in [0.29, 0.717) is 33.6 Å². The number of hydrogen-bond donors (Lipinski definition) is 1. The summed E-state index contributed by atoms with van der Waals surface area (Å²) in [7, 11) is 1.32. The topological polar surface area (TPSA) is 74.4 Å². The number of esters is 1. The summed E-state index contributed by atoms with van der Waals surface area (Å²) in [4.78, 5) is 15.7. The molecule has 1 aromatic carbocycles. The van der Waals surface area contributed by atoms with Gasteiger partial charge < -0.3 is 15.2 Å². The van der Waals surface area contributed by atoms with Crippen molar-refractivity contribution in [3.05, 3.63) is 46.6 Å². The average molecular weight is 293 g/mol. The molecule has 1 aromatic heterocycles. The van der Waals surface area contributed by atoms with Gasteiger partial charge in [0.15, 0.2) is 5.75 Å². The Hall–Kier alpha value is -2.27. The summed E-state index contributed by atoms with van der Waals surface area (Å²) >= 11 is 6.02. The van der Waals surface area contributed by atoms with Gasteiger partial charge in [-0.25, -0.2) is 9.78 Å². The number of hydrogen-bond acceptors (Lipinski definition) is 5. The number of carbonyl (C=O) groups is 1. The van der Waals surface area contributed by atoms with Crippen molar-refractivity contribution in [2.24, 2.45) is 0 Å². The Labute approximate surface area is 121 Å². The number of aromatic nitrogens is 1. The molecule has 0 spiro atoms. The number of anilines is 1. The first-order chi connectivity index (χ1) is 9.52. The molecule has 0 aliphatic carbocycles. The smallest absolute Gasteiger partial charge is 0.339 e. The Morgan fingerprint density at radius 2 is 2.05 bits per heavy atom. The monoisotopic (exact) mass is 292 g/mol. The summed E-state index contributed by atoms with van der Waals surface area (Å²) in [6, 6.07) is 8.21. The van der Waals surface area contributed by atoms with Gasteiger partial charge in [0.1, 0.15) is 0 Å². The molecule has 2 rings (SSSR count). The molecule has 20 heavy (non-hydrogen) atoms. The van der Waals surface area contributed by atoms with Crippen molar-refractivity contribution in [2.45, 2.75) is 6.92 Å². The fourth-order valence-corrected chi connectivity index (χ4v) is 1.88. The van der Waals surface area contributed by atoms with E-state index in [2.05, 4.69) is 9.72 Å². The van der Waals surface area contributed by atoms with Gasteiger partial charge >= 0.3 is 5.97 Å². The second-order valence-electron chi connectivity index (χ2n) is 4.03. The second-order valence-corrected chi connectivity index (χ2v) is 4.44. The van der Waals surface area contributed by atoms with Gasteiger partial charge in [0.25, 0.3) is 0 Å². The van der Waals surface area contributed by atoms with Crippen LogP contribution in [0.1, 0.15) is 16.1 Å². The molecular weight excluding hydrogens is 280 g/mol. The summed E-state index contributed by atoms with van der Waals surface area (Å²) in [5.74, 6) is 0.195. The number of aryl methyl sites for hydroxylation is 1. The Kier molecular flexibility index (Phi) is 4.10. The van der Waals surface area contributed by atoms with Crippen LogP contribution in [0, 0.1) is 6.92 Å². The molecule has 0 aliphatic heterocycles. The predicted molar refractivity (Wildman–Crippen MR) is 76.3 cm³/mol. The molecule has 0 saturated heterocycles. The van der Waals surface area contributed by atoms with Gasteiger partial charge in [-0.05, 0) is 25.1 Å². The second kappa shape index (κ2) is 5.79. The van der Waals surface area contributed by atoms with Crippen LogP contribution in [-0.4, -0.2) is 18.1 Å². The number of rotatable bonds is 3. The first-order valence-electron chi connectivity index (χ1n) is 5.80. The SMILES string of the molecule is COC(=O)c1ccc(Oc2c(N)cccc2Cl)nc1C. The van der Waals surface area contributed by atoms with Crippen LogP contribution >= 0.6 is 11.6 Å². The lowest BCUT2D eigenvalue weighted by Crippen LogP contribution is -2.05. The Balaban J connectivity index is 2.32. The number of para-hydroxylation sites is 1. The summed E-state index contributed by atoms with van der Waals surface area (Å²) < 4.78 is 10.2. The largest absolute Gasteiger partial charge is 0.465 e. The van der Waals surface area contributed by atoms with Crippen molar-refractivity contribution in [2.75, 3.05) is 12.8 Å². The van der Waals surface area contributed by atoms with Crippen molar-refractivity contribution in [1.82, 2.24) is 4.98 Å². The lowest BCUT2D eigenvalue weighted by molar-refractivity contribution is 0.0599. The minimum absolute atomic E-state index is 0.301. The van der Waals surface area contributed by atoms with Crippen LogP contribution in [0.4, 0.5) is 5.69 Å². The molecule has 0 saturated carbocycles. The minimum Gasteiger partial charge on any atom is -0.465 e. The van der Waals surface area contributed by atoms with E-state index in [-0.39, 0.29) is 0 Å². The maximum absolute atomic E-state index is 11.5. The first-order valence-corrected chi connectivity index (χ1v) is 6.18. The molecule has 0 fully saturated rings. The molecule has 6 heteroatoms. The van der Waals surface area contributed by atoms with Crippen LogP contribution in [0.5, 0.6) is 11.6 Å². The van der Waals surface area contributed by atoms with Crippen molar-refractivity contribution in [3.8, 4) is 11.6 Å². The number of carbonyl (C=O) groups excluding carboxylic acids is 1. The molecule has 0 aliphatic rings. The fraction of sp³-hybridized carbons (Fsp3) is 0.143. The number of nitrogens with two attached hydrogens (primary N) is 1. The Morgan fingerprint density at radius 1 is 1.30 bits per heavy atom. The van der Waals surface area contributed by atoms with E-state index in [1.807, 2.05) is 0 Å². The predicted octanol–water partition coefficient (Wildman–Crippen LogP) is 3.20. The van der Waals surface area contributed by atoms with Crippen LogP contribution in [0.2, 0.25) is 5.02 Å². The summed E-state index contributed by atoms with van der Waals surface area (Å²) in [6.07, 6.45) is 0. The van der Waals surface area contributed by atoms with E-state index in [0.717, 1.165) is 0 Å². The number of ether oxygens (including phenoxy) is 2. The van der Waals surface area contributed by atoms with Crippen molar-refractivity contribution in [1.29, 1.82) is 0 Å². The van der Waals surface area contributed by atoms with Gasteiger partial charge in [0.2, 0.25) is 5.88 Å². The van der Waals surface area contributed by atoms with E-state index in [9.17, 15) is 4.79 Å². The summed E-state index contributed by atoms with van der Waals surface area (Å²) in [5, 5.41) is 0.390. The van der Waals surface area contributed by atoms with E-state index in [4.69, 9.17) is 22.1 Å². The quantitative estimate of drug-likeness (QED) is 0.694. The first kappa shape index (κ1) is 14.1. The molecule has 0 unspecified atom stereocenters. The van der Waals surface area contributed by atoms with Crippen LogP contribution in [-0.2, 0) is 4.74 Å². The lowest BCUT2D eigenvalue weighted by atomic mass is 10.2. The number of halogens is 1. The molecule has 0 radical (unpaired) electrons. The number of benzene rings is 1. The fourth-order valence-electron chi connectivity index (χ4n) is 1.66. The molecule has 0 amide bonds. The standard InChI is InChI=1S/C14H13ClN2O3/c1-8-9(14(18)19-2)6-7-12(17-8)20-13-10(15)4-3-5-11(13)16/h3-7H,16H2,1-2H3. The number of methoxy groups -OCH3 is 1. The van der Waals surface area contributed by atoms with Crippen molar-refractivity contribution < 1.29 is 14.3 Å². The van der Waals surface area contributed by atoms with Gasteiger partial charge in [-0.2, -0.15) is 0 Å². The maximum Gasteiger partial charge on any atom is 0.339 e. The zero-order valence-corrected chi connectivity index (χ0v) is 11.8. The van der Waals surface area contributed by atoms with Gasteiger partial charge in [-0.15, -0.1) is 0 Å². The normalized spacial score (nSPS) is 10.2.